The van der Waals surface area contributed by atoms with Gasteiger partial charge in [-0.15, -0.1) is 0 Å². The van der Waals surface area contributed by atoms with E-state index in [0.717, 1.165) is 5.75 Å². The summed E-state index contributed by atoms with van der Waals surface area (Å²) in [7, 11) is 0. The van der Waals surface area contributed by atoms with Crippen LogP contribution in [0, 0.1) is 11.8 Å². The van der Waals surface area contributed by atoms with E-state index < -0.39 is 0 Å². The van der Waals surface area contributed by atoms with Crippen LogP contribution >= 0.6 is 12.6 Å². The Hall–Kier alpha value is -0.700. The molecule has 0 spiro atoms. The summed E-state index contributed by atoms with van der Waals surface area (Å²) in [6, 6.07) is 3.95. The van der Waals surface area contributed by atoms with E-state index in [1.165, 1.54) is 5.56 Å². The van der Waals surface area contributed by atoms with Crippen molar-refractivity contribution < 1.29 is 0 Å². The van der Waals surface area contributed by atoms with Crippen LogP contribution in [0.25, 0.3) is 0 Å². The van der Waals surface area contributed by atoms with Gasteiger partial charge in [-0.1, -0.05) is 26.8 Å². The van der Waals surface area contributed by atoms with Gasteiger partial charge in [0.1, 0.15) is 5.82 Å². The maximum absolute atomic E-state index is 5.59. The van der Waals surface area contributed by atoms with Gasteiger partial charge < -0.3 is 5.73 Å². The molecule has 0 bridgehead atoms. The van der Waals surface area contributed by atoms with Crippen LogP contribution in [0.1, 0.15) is 32.3 Å². The third-order valence-electron chi connectivity index (χ3n) is 2.81. The Morgan fingerprint density at radius 3 is 2.40 bits per heavy atom. The number of nitrogens with two attached hydrogens (primary N) is 1. The van der Waals surface area contributed by atoms with E-state index in [1.807, 2.05) is 12.3 Å². The van der Waals surface area contributed by atoms with E-state index in [1.54, 1.807) is 0 Å². The zero-order chi connectivity index (χ0) is 11.4. The summed E-state index contributed by atoms with van der Waals surface area (Å²) in [5.41, 5.74) is 6.85. The van der Waals surface area contributed by atoms with Crippen LogP contribution in [0.4, 0.5) is 5.82 Å². The Balaban J connectivity index is 2.94. The van der Waals surface area contributed by atoms with Crippen LogP contribution in [-0.2, 0) is 0 Å². The molecule has 2 nitrogen and oxygen atoms in total. The van der Waals surface area contributed by atoms with Gasteiger partial charge in [0.25, 0.3) is 0 Å². The zero-order valence-corrected chi connectivity index (χ0v) is 10.5. The first-order valence-corrected chi connectivity index (χ1v) is 6.01. The SMILES string of the molecule is CC(C)C(c1ccc(N)nc1)C(C)CS. The van der Waals surface area contributed by atoms with E-state index >= 15 is 0 Å². The first-order chi connectivity index (χ1) is 7.06. The number of anilines is 1. The molecule has 1 aromatic heterocycles. The van der Waals surface area contributed by atoms with Crippen LogP contribution in [0.15, 0.2) is 18.3 Å². The number of hydrogen-bond donors (Lipinski definition) is 2. The summed E-state index contributed by atoms with van der Waals surface area (Å²) in [6.45, 7) is 6.70. The molecular formula is C12H20N2S. The van der Waals surface area contributed by atoms with Crippen molar-refractivity contribution in [1.29, 1.82) is 0 Å². The minimum atomic E-state index is 0.510. The van der Waals surface area contributed by atoms with Gasteiger partial charge in [-0.3, -0.25) is 0 Å². The molecule has 1 heterocycles. The molecule has 0 aliphatic heterocycles. The van der Waals surface area contributed by atoms with Crippen LogP contribution in [0.2, 0.25) is 0 Å². The molecule has 0 saturated heterocycles. The molecule has 15 heavy (non-hydrogen) atoms. The lowest BCUT2D eigenvalue weighted by Crippen LogP contribution is -2.17. The summed E-state index contributed by atoms with van der Waals surface area (Å²) in [4.78, 5) is 4.15. The lowest BCUT2D eigenvalue weighted by atomic mass is 9.81. The Morgan fingerprint density at radius 2 is 2.00 bits per heavy atom. The third kappa shape index (κ3) is 3.13. The van der Waals surface area contributed by atoms with Crippen LogP contribution in [-0.4, -0.2) is 10.7 Å². The Bertz CT molecular complexity index is 295. The van der Waals surface area contributed by atoms with Crippen molar-refractivity contribution >= 4 is 18.4 Å². The molecule has 0 fully saturated rings. The van der Waals surface area contributed by atoms with Gasteiger partial charge in [0, 0.05) is 6.20 Å². The summed E-state index contributed by atoms with van der Waals surface area (Å²) < 4.78 is 0. The topological polar surface area (TPSA) is 38.9 Å². The highest BCUT2D eigenvalue weighted by atomic mass is 32.1. The van der Waals surface area contributed by atoms with Gasteiger partial charge in [-0.05, 0) is 35.1 Å². The van der Waals surface area contributed by atoms with Crippen molar-refractivity contribution in [2.45, 2.75) is 26.7 Å². The van der Waals surface area contributed by atoms with Crippen LogP contribution < -0.4 is 5.73 Å². The number of aromatic nitrogens is 1. The second kappa shape index (κ2) is 5.40. The third-order valence-corrected chi connectivity index (χ3v) is 3.39. The molecule has 2 unspecified atom stereocenters. The maximum Gasteiger partial charge on any atom is 0.123 e. The fourth-order valence-corrected chi connectivity index (χ4v) is 2.33. The summed E-state index contributed by atoms with van der Waals surface area (Å²) in [5.74, 6) is 3.14. The maximum atomic E-state index is 5.59. The number of rotatable bonds is 4. The van der Waals surface area contributed by atoms with Gasteiger partial charge in [0.05, 0.1) is 0 Å². The second-order valence-electron chi connectivity index (χ2n) is 4.45. The standard InChI is InChI=1S/C12H20N2S/c1-8(2)12(9(3)7-15)10-4-5-11(13)14-6-10/h4-6,8-9,12,15H,7H2,1-3H3,(H2,13,14). The minimum absolute atomic E-state index is 0.510. The lowest BCUT2D eigenvalue weighted by Gasteiger charge is -2.26. The number of nitrogen functional groups attached to an aromatic ring is 1. The number of thiol groups is 1. The number of hydrogen-bond acceptors (Lipinski definition) is 3. The Kier molecular flexibility index (Phi) is 4.45. The van der Waals surface area contributed by atoms with Crippen molar-refractivity contribution in [2.24, 2.45) is 11.8 Å². The molecule has 1 aromatic rings. The van der Waals surface area contributed by atoms with Crippen LogP contribution in [0.3, 0.4) is 0 Å². The lowest BCUT2D eigenvalue weighted by molar-refractivity contribution is 0.392. The first-order valence-electron chi connectivity index (χ1n) is 5.38. The smallest absolute Gasteiger partial charge is 0.123 e. The Labute approximate surface area is 97.7 Å². The Morgan fingerprint density at radius 1 is 1.33 bits per heavy atom. The average molecular weight is 224 g/mol. The molecule has 0 amide bonds. The highest BCUT2D eigenvalue weighted by Gasteiger charge is 2.21. The van der Waals surface area contributed by atoms with E-state index in [0.29, 0.717) is 23.6 Å². The molecule has 2 N–H and O–H groups in total. The summed E-state index contributed by atoms with van der Waals surface area (Å²) in [5, 5.41) is 0. The van der Waals surface area contributed by atoms with Gasteiger partial charge in [-0.25, -0.2) is 4.98 Å². The molecule has 84 valence electrons. The minimum Gasteiger partial charge on any atom is -0.384 e. The molecule has 1 rings (SSSR count). The van der Waals surface area contributed by atoms with Crippen LogP contribution in [0.5, 0.6) is 0 Å². The number of pyridine rings is 1. The largest absolute Gasteiger partial charge is 0.384 e. The van der Waals surface area contributed by atoms with Crippen molar-refractivity contribution in [3.63, 3.8) is 0 Å². The molecule has 0 saturated carbocycles. The predicted octanol–water partition coefficient (Wildman–Crippen LogP) is 2.97. The van der Waals surface area contributed by atoms with E-state index in [9.17, 15) is 0 Å². The summed E-state index contributed by atoms with van der Waals surface area (Å²) >= 11 is 4.37. The summed E-state index contributed by atoms with van der Waals surface area (Å²) in [6.07, 6.45) is 1.89. The van der Waals surface area contributed by atoms with E-state index in [2.05, 4.69) is 44.5 Å². The quantitative estimate of drug-likeness (QED) is 0.772. The van der Waals surface area contributed by atoms with Crippen molar-refractivity contribution in [1.82, 2.24) is 4.98 Å². The van der Waals surface area contributed by atoms with E-state index in [4.69, 9.17) is 5.73 Å². The van der Waals surface area contributed by atoms with Gasteiger partial charge in [0.2, 0.25) is 0 Å². The fourth-order valence-electron chi connectivity index (χ4n) is 2.10. The molecule has 0 aromatic carbocycles. The van der Waals surface area contributed by atoms with Crippen molar-refractivity contribution in [2.75, 3.05) is 11.5 Å². The number of nitrogens with zero attached hydrogens (tertiary/aromatic N) is 1. The normalized spacial score (nSPS) is 15.3. The molecule has 0 radical (unpaired) electrons. The molecule has 0 aliphatic rings. The van der Waals surface area contributed by atoms with Gasteiger partial charge in [0.15, 0.2) is 0 Å². The van der Waals surface area contributed by atoms with Crippen molar-refractivity contribution in [3.05, 3.63) is 23.9 Å². The fraction of sp³-hybridized carbons (Fsp3) is 0.583. The van der Waals surface area contributed by atoms with E-state index in [-0.39, 0.29) is 0 Å². The predicted molar refractivity (Wildman–Crippen MR) is 69.2 cm³/mol. The average Bonchev–Trinajstić information content (AvgIpc) is 2.20. The second-order valence-corrected chi connectivity index (χ2v) is 4.81. The monoisotopic (exact) mass is 224 g/mol. The first kappa shape index (κ1) is 12.4. The molecule has 0 aliphatic carbocycles. The highest BCUT2D eigenvalue weighted by molar-refractivity contribution is 7.80. The molecule has 2 atom stereocenters. The molecular weight excluding hydrogens is 204 g/mol. The van der Waals surface area contributed by atoms with Gasteiger partial charge in [-0.2, -0.15) is 12.6 Å². The van der Waals surface area contributed by atoms with Crippen molar-refractivity contribution in [3.8, 4) is 0 Å². The highest BCUT2D eigenvalue weighted by Crippen LogP contribution is 2.32. The van der Waals surface area contributed by atoms with Gasteiger partial charge >= 0.3 is 0 Å². The molecule has 3 heteroatoms. The zero-order valence-electron chi connectivity index (χ0n) is 9.64.